The Bertz CT molecular complexity index is 193. The van der Waals surface area contributed by atoms with Crippen molar-refractivity contribution in [2.45, 2.75) is 20.8 Å². The first-order valence-electron chi connectivity index (χ1n) is 3.63. The molecule has 0 amide bonds. The van der Waals surface area contributed by atoms with Crippen LogP contribution in [0.25, 0.3) is 0 Å². The third-order valence-corrected chi connectivity index (χ3v) is 1.23. The van der Waals surface area contributed by atoms with E-state index in [1.165, 1.54) is 5.57 Å². The number of rotatable bonds is 3. The van der Waals surface area contributed by atoms with Gasteiger partial charge in [0.2, 0.25) is 0 Å². The van der Waals surface area contributed by atoms with Crippen molar-refractivity contribution in [3.05, 3.63) is 35.6 Å². The van der Waals surface area contributed by atoms with Gasteiger partial charge in [-0.3, -0.25) is 0 Å². The minimum atomic E-state index is 0.910. The van der Waals surface area contributed by atoms with E-state index >= 15 is 0 Å². The molecule has 0 heterocycles. The monoisotopic (exact) mass is 152 g/mol. The molecule has 0 radical (unpaired) electrons. The van der Waals surface area contributed by atoms with Gasteiger partial charge >= 0.3 is 0 Å². The van der Waals surface area contributed by atoms with Gasteiger partial charge in [-0.2, -0.15) is 0 Å². The Morgan fingerprint density at radius 1 is 1.18 bits per heavy atom. The lowest BCUT2D eigenvalue weighted by Gasteiger charge is -2.01. The van der Waals surface area contributed by atoms with Gasteiger partial charge in [0.1, 0.15) is 5.76 Å². The number of ether oxygens (including phenoxy) is 1. The van der Waals surface area contributed by atoms with Crippen LogP contribution in [0.5, 0.6) is 0 Å². The summed E-state index contributed by atoms with van der Waals surface area (Å²) in [5, 5.41) is 0. The number of allylic oxidation sites excluding steroid dienone is 4. The quantitative estimate of drug-likeness (QED) is 0.446. The molecule has 11 heavy (non-hydrogen) atoms. The highest BCUT2D eigenvalue weighted by Gasteiger charge is 1.90. The van der Waals surface area contributed by atoms with Crippen LogP contribution in [0.4, 0.5) is 0 Å². The summed E-state index contributed by atoms with van der Waals surface area (Å²) in [6, 6.07) is 0. The summed E-state index contributed by atoms with van der Waals surface area (Å²) in [6.45, 7) is 9.74. The molecular weight excluding hydrogens is 136 g/mol. The fraction of sp³-hybridized carbons (Fsp3) is 0.400. The molecule has 0 saturated carbocycles. The summed E-state index contributed by atoms with van der Waals surface area (Å²) in [5.74, 6) is 0.910. The van der Waals surface area contributed by atoms with E-state index < -0.39 is 0 Å². The third kappa shape index (κ3) is 4.43. The van der Waals surface area contributed by atoms with Crippen molar-refractivity contribution in [1.82, 2.24) is 0 Å². The lowest BCUT2D eigenvalue weighted by atomic mass is 10.2. The average molecular weight is 152 g/mol. The second-order valence-corrected chi connectivity index (χ2v) is 2.75. The van der Waals surface area contributed by atoms with E-state index in [0.717, 1.165) is 11.3 Å². The van der Waals surface area contributed by atoms with E-state index in [1.54, 1.807) is 7.11 Å². The fourth-order valence-electron chi connectivity index (χ4n) is 0.657. The molecule has 0 fully saturated rings. The molecule has 0 unspecified atom stereocenters. The van der Waals surface area contributed by atoms with Crippen LogP contribution in [-0.2, 0) is 4.74 Å². The zero-order chi connectivity index (χ0) is 8.85. The highest BCUT2D eigenvalue weighted by Crippen LogP contribution is 2.06. The van der Waals surface area contributed by atoms with Gasteiger partial charge in [-0.25, -0.2) is 0 Å². The molecule has 0 aromatic carbocycles. The predicted molar refractivity (Wildman–Crippen MR) is 49.3 cm³/mol. The topological polar surface area (TPSA) is 9.23 Å². The van der Waals surface area contributed by atoms with Gasteiger partial charge < -0.3 is 4.74 Å². The van der Waals surface area contributed by atoms with Crippen molar-refractivity contribution >= 4 is 0 Å². The van der Waals surface area contributed by atoms with Gasteiger partial charge in [0, 0.05) is 0 Å². The van der Waals surface area contributed by atoms with Crippen molar-refractivity contribution in [2.24, 2.45) is 0 Å². The molecule has 0 atom stereocenters. The molecule has 0 aromatic rings. The van der Waals surface area contributed by atoms with E-state index in [9.17, 15) is 0 Å². The van der Waals surface area contributed by atoms with Crippen LogP contribution >= 0.6 is 0 Å². The number of hydrogen-bond acceptors (Lipinski definition) is 1. The molecule has 1 nitrogen and oxygen atoms in total. The summed E-state index contributed by atoms with van der Waals surface area (Å²) in [6.07, 6.45) is 3.86. The second kappa shape index (κ2) is 4.78. The zero-order valence-corrected chi connectivity index (χ0v) is 7.77. The van der Waals surface area contributed by atoms with Crippen LogP contribution in [0.2, 0.25) is 0 Å². The zero-order valence-electron chi connectivity index (χ0n) is 7.77. The Hall–Kier alpha value is -0.980. The summed E-state index contributed by atoms with van der Waals surface area (Å²) < 4.78 is 5.11. The lowest BCUT2D eigenvalue weighted by molar-refractivity contribution is 0.302. The van der Waals surface area contributed by atoms with Crippen molar-refractivity contribution < 1.29 is 4.74 Å². The minimum absolute atomic E-state index is 0.910. The lowest BCUT2D eigenvalue weighted by Crippen LogP contribution is -1.84. The van der Waals surface area contributed by atoms with Gasteiger partial charge in [-0.05, 0) is 32.4 Å². The summed E-state index contributed by atoms with van der Waals surface area (Å²) in [4.78, 5) is 0. The molecule has 0 N–H and O–H groups in total. The Morgan fingerprint density at radius 2 is 1.73 bits per heavy atom. The Balaban J connectivity index is 4.33. The van der Waals surface area contributed by atoms with Gasteiger partial charge in [-0.15, -0.1) is 0 Å². The molecular formula is C10H16O. The average Bonchev–Trinajstić information content (AvgIpc) is 1.87. The van der Waals surface area contributed by atoms with E-state index in [2.05, 4.69) is 6.58 Å². The molecule has 0 aliphatic rings. The third-order valence-electron chi connectivity index (χ3n) is 1.23. The fourth-order valence-corrected chi connectivity index (χ4v) is 0.657. The Morgan fingerprint density at radius 3 is 2.00 bits per heavy atom. The summed E-state index contributed by atoms with van der Waals surface area (Å²) >= 11 is 0. The van der Waals surface area contributed by atoms with E-state index in [1.807, 2.05) is 32.9 Å². The van der Waals surface area contributed by atoms with Gasteiger partial charge in [-0.1, -0.05) is 18.2 Å². The smallest absolute Gasteiger partial charge is 0.117 e. The molecule has 0 aliphatic heterocycles. The van der Waals surface area contributed by atoms with Crippen molar-refractivity contribution in [1.29, 1.82) is 0 Å². The van der Waals surface area contributed by atoms with E-state index in [0.29, 0.717) is 0 Å². The molecule has 0 aliphatic carbocycles. The van der Waals surface area contributed by atoms with Gasteiger partial charge in [0.25, 0.3) is 0 Å². The molecule has 62 valence electrons. The first-order valence-corrected chi connectivity index (χ1v) is 3.63. The minimum Gasteiger partial charge on any atom is -0.497 e. The number of methoxy groups -OCH3 is 1. The van der Waals surface area contributed by atoms with Crippen LogP contribution in [0.15, 0.2) is 35.6 Å². The maximum atomic E-state index is 5.11. The summed E-state index contributed by atoms with van der Waals surface area (Å²) in [7, 11) is 1.67. The first-order chi connectivity index (χ1) is 5.07. The predicted octanol–water partition coefficient (Wildman–Crippen LogP) is 3.06. The maximum Gasteiger partial charge on any atom is 0.117 e. The van der Waals surface area contributed by atoms with Crippen LogP contribution in [0.1, 0.15) is 20.8 Å². The van der Waals surface area contributed by atoms with Crippen molar-refractivity contribution in [3.63, 3.8) is 0 Å². The maximum absolute atomic E-state index is 5.11. The van der Waals surface area contributed by atoms with Gasteiger partial charge in [0.15, 0.2) is 0 Å². The normalized spacial score (nSPS) is 9.82. The molecule has 0 saturated heterocycles. The molecule has 0 aromatic heterocycles. The van der Waals surface area contributed by atoms with E-state index in [4.69, 9.17) is 4.74 Å². The summed E-state index contributed by atoms with van der Waals surface area (Å²) in [5.41, 5.74) is 2.20. The van der Waals surface area contributed by atoms with E-state index in [-0.39, 0.29) is 0 Å². The highest BCUT2D eigenvalue weighted by molar-refractivity contribution is 5.23. The standard InChI is InChI=1S/C10H16O/c1-8(2)6-7-10(11-5)9(3)4/h6-7H,1H2,2-5H3. The van der Waals surface area contributed by atoms with Crippen LogP contribution in [0.3, 0.4) is 0 Å². The van der Waals surface area contributed by atoms with Crippen LogP contribution < -0.4 is 0 Å². The molecule has 0 bridgehead atoms. The van der Waals surface area contributed by atoms with Crippen molar-refractivity contribution in [2.75, 3.05) is 7.11 Å². The number of hydrogen-bond donors (Lipinski definition) is 0. The first kappa shape index (κ1) is 10.0. The molecule has 0 rings (SSSR count). The Labute approximate surface area is 69.1 Å². The molecule has 0 spiro atoms. The van der Waals surface area contributed by atoms with Gasteiger partial charge in [0.05, 0.1) is 7.11 Å². The van der Waals surface area contributed by atoms with Crippen LogP contribution in [-0.4, -0.2) is 7.11 Å². The SMILES string of the molecule is C=C(C)C=CC(OC)=C(C)C. The largest absolute Gasteiger partial charge is 0.497 e. The van der Waals surface area contributed by atoms with Crippen LogP contribution in [0, 0.1) is 0 Å². The highest BCUT2D eigenvalue weighted by atomic mass is 16.5. The van der Waals surface area contributed by atoms with Crippen molar-refractivity contribution in [3.8, 4) is 0 Å². The Kier molecular flexibility index (Phi) is 4.35. The molecule has 1 heteroatoms. The second-order valence-electron chi connectivity index (χ2n) is 2.75.